The highest BCUT2D eigenvalue weighted by Gasteiger charge is 2.58. The lowest BCUT2D eigenvalue weighted by atomic mass is 9.95. The van der Waals surface area contributed by atoms with Crippen molar-refractivity contribution >= 4 is 11.4 Å². The molecule has 0 aliphatic heterocycles. The largest absolute Gasteiger partial charge is 0.300 e. The summed E-state index contributed by atoms with van der Waals surface area (Å²) in [6.07, 6.45) is 2.30. The van der Waals surface area contributed by atoms with Gasteiger partial charge in [0.05, 0.1) is 0 Å². The molecule has 0 unspecified atom stereocenters. The van der Waals surface area contributed by atoms with Gasteiger partial charge in [-0.25, -0.2) is 0 Å². The van der Waals surface area contributed by atoms with Crippen LogP contribution >= 0.6 is 0 Å². The molecule has 2 atom stereocenters. The van der Waals surface area contributed by atoms with E-state index < -0.39 is 0 Å². The third-order valence-corrected chi connectivity index (χ3v) is 4.86. The van der Waals surface area contributed by atoms with Crippen LogP contribution in [0.1, 0.15) is 31.9 Å². The maximum absolute atomic E-state index is 11.9. The molecule has 1 nitrogen and oxygen atoms in total. The van der Waals surface area contributed by atoms with E-state index in [1.165, 1.54) is 16.7 Å². The molecule has 0 saturated heterocycles. The van der Waals surface area contributed by atoms with Gasteiger partial charge in [0.2, 0.25) is 0 Å². The predicted molar refractivity (Wildman–Crippen MR) is 91.4 cm³/mol. The lowest BCUT2D eigenvalue weighted by Gasteiger charge is -2.09. The second-order valence-electron chi connectivity index (χ2n) is 6.75. The van der Waals surface area contributed by atoms with E-state index in [1.54, 1.807) is 6.92 Å². The van der Waals surface area contributed by atoms with Gasteiger partial charge in [-0.2, -0.15) is 0 Å². The van der Waals surface area contributed by atoms with Crippen LogP contribution in [0.2, 0.25) is 0 Å². The number of allylic oxidation sites excluding steroid dienone is 1. The summed E-state index contributed by atoms with van der Waals surface area (Å²) in [6.45, 7) is 6.09. The van der Waals surface area contributed by atoms with Crippen molar-refractivity contribution < 1.29 is 4.79 Å². The number of carbonyl (C=O) groups excluding carboxylic acids is 1. The molecule has 1 heteroatoms. The second kappa shape index (κ2) is 5.57. The minimum Gasteiger partial charge on any atom is -0.300 e. The predicted octanol–water partition coefficient (Wildman–Crippen LogP) is 4.98. The van der Waals surface area contributed by atoms with E-state index in [0.717, 1.165) is 0 Å². The van der Waals surface area contributed by atoms with Crippen LogP contribution in [0.15, 0.2) is 66.7 Å². The standard InChI is InChI=1S/C21H22O/c1-15(22)20-19(21(20,2)3)14-18(16-10-6-4-7-11-16)17-12-8-5-9-13-17/h4-14,19-20H,1-3H3/t19-,20-/m1/s1. The molecule has 1 fully saturated rings. The van der Waals surface area contributed by atoms with Crippen LogP contribution in [0.3, 0.4) is 0 Å². The van der Waals surface area contributed by atoms with E-state index in [1.807, 2.05) is 12.1 Å². The first kappa shape index (κ1) is 14.8. The number of Topliss-reactive ketones (excluding diaryl/α,β-unsaturated/α-hetero) is 1. The van der Waals surface area contributed by atoms with Crippen LogP contribution in [0, 0.1) is 17.3 Å². The highest BCUT2D eigenvalue weighted by molar-refractivity contribution is 5.86. The van der Waals surface area contributed by atoms with Gasteiger partial charge in [0.25, 0.3) is 0 Å². The van der Waals surface area contributed by atoms with Crippen molar-refractivity contribution in [3.63, 3.8) is 0 Å². The number of ketones is 1. The van der Waals surface area contributed by atoms with Gasteiger partial charge in [0.15, 0.2) is 0 Å². The molecule has 0 aromatic heterocycles. The van der Waals surface area contributed by atoms with E-state index >= 15 is 0 Å². The van der Waals surface area contributed by atoms with Gasteiger partial charge >= 0.3 is 0 Å². The van der Waals surface area contributed by atoms with Crippen molar-refractivity contribution in [2.75, 3.05) is 0 Å². The van der Waals surface area contributed by atoms with Crippen LogP contribution in [0.5, 0.6) is 0 Å². The molecule has 2 aromatic carbocycles. The van der Waals surface area contributed by atoms with Crippen molar-refractivity contribution in [3.05, 3.63) is 77.9 Å². The lowest BCUT2D eigenvalue weighted by Crippen LogP contribution is -1.99. The minimum absolute atomic E-state index is 0.0701. The zero-order valence-corrected chi connectivity index (χ0v) is 13.4. The molecule has 2 aromatic rings. The van der Waals surface area contributed by atoms with Crippen molar-refractivity contribution in [2.45, 2.75) is 20.8 Å². The molecule has 22 heavy (non-hydrogen) atoms. The summed E-state index contributed by atoms with van der Waals surface area (Å²) in [6, 6.07) is 20.9. The topological polar surface area (TPSA) is 17.1 Å². The summed E-state index contributed by atoms with van der Waals surface area (Å²) in [5, 5.41) is 0. The maximum Gasteiger partial charge on any atom is 0.134 e. The Morgan fingerprint density at radius 3 is 1.73 bits per heavy atom. The quantitative estimate of drug-likeness (QED) is 0.776. The van der Waals surface area contributed by atoms with Gasteiger partial charge in [0.1, 0.15) is 5.78 Å². The first-order chi connectivity index (χ1) is 10.5. The summed E-state index contributed by atoms with van der Waals surface area (Å²) in [5.74, 6) is 0.766. The molecule has 1 aliphatic carbocycles. The fourth-order valence-corrected chi connectivity index (χ4v) is 3.54. The summed E-state index contributed by atoms with van der Waals surface area (Å²) in [7, 11) is 0. The zero-order chi connectivity index (χ0) is 15.7. The third-order valence-electron chi connectivity index (χ3n) is 4.86. The monoisotopic (exact) mass is 290 g/mol. The number of benzene rings is 2. The number of hydrogen-bond acceptors (Lipinski definition) is 1. The van der Waals surface area contributed by atoms with Crippen LogP contribution in [0.25, 0.3) is 5.57 Å². The summed E-state index contributed by atoms with van der Waals surface area (Å²) >= 11 is 0. The Bertz CT molecular complexity index is 654. The Morgan fingerprint density at radius 1 is 0.909 bits per heavy atom. The molecule has 0 spiro atoms. The minimum atomic E-state index is 0.0701. The molecule has 1 aliphatic rings. The van der Waals surface area contributed by atoms with E-state index in [2.05, 4.69) is 68.5 Å². The van der Waals surface area contributed by atoms with Crippen molar-refractivity contribution in [1.82, 2.24) is 0 Å². The van der Waals surface area contributed by atoms with Gasteiger partial charge in [-0.1, -0.05) is 80.6 Å². The summed E-state index contributed by atoms with van der Waals surface area (Å²) in [5.41, 5.74) is 3.71. The molecule has 0 radical (unpaired) electrons. The van der Waals surface area contributed by atoms with Gasteiger partial charge in [-0.3, -0.25) is 4.79 Å². The molecule has 0 N–H and O–H groups in total. The van der Waals surface area contributed by atoms with Crippen LogP contribution in [-0.4, -0.2) is 5.78 Å². The fraction of sp³-hybridized carbons (Fsp3) is 0.286. The van der Waals surface area contributed by atoms with E-state index in [9.17, 15) is 4.79 Å². The zero-order valence-electron chi connectivity index (χ0n) is 13.4. The highest BCUT2D eigenvalue weighted by Crippen LogP contribution is 2.60. The molecular formula is C21H22O. The van der Waals surface area contributed by atoms with Crippen LogP contribution < -0.4 is 0 Å². The SMILES string of the molecule is CC(=O)[C@@H]1[C@@H](C=C(c2ccccc2)c2ccccc2)C1(C)C. The maximum atomic E-state index is 11.9. The average molecular weight is 290 g/mol. The average Bonchev–Trinajstić information content (AvgIpc) is 3.07. The smallest absolute Gasteiger partial charge is 0.134 e. The summed E-state index contributed by atoms with van der Waals surface area (Å²) in [4.78, 5) is 11.9. The first-order valence-corrected chi connectivity index (χ1v) is 7.85. The second-order valence-corrected chi connectivity index (χ2v) is 6.75. The van der Waals surface area contributed by atoms with Gasteiger partial charge in [-0.15, -0.1) is 0 Å². The highest BCUT2D eigenvalue weighted by atomic mass is 16.1. The first-order valence-electron chi connectivity index (χ1n) is 7.85. The van der Waals surface area contributed by atoms with E-state index in [4.69, 9.17) is 0 Å². The van der Waals surface area contributed by atoms with Crippen LogP contribution in [-0.2, 0) is 4.79 Å². The van der Waals surface area contributed by atoms with Crippen LogP contribution in [0.4, 0.5) is 0 Å². The van der Waals surface area contributed by atoms with Gasteiger partial charge < -0.3 is 0 Å². The lowest BCUT2D eigenvalue weighted by molar-refractivity contribution is -0.118. The van der Waals surface area contributed by atoms with Gasteiger partial charge in [-0.05, 0) is 35.0 Å². The summed E-state index contributed by atoms with van der Waals surface area (Å²) < 4.78 is 0. The molecule has 112 valence electrons. The van der Waals surface area contributed by atoms with E-state index in [-0.39, 0.29) is 11.3 Å². The van der Waals surface area contributed by atoms with E-state index in [0.29, 0.717) is 11.7 Å². The molecule has 1 saturated carbocycles. The Morgan fingerprint density at radius 2 is 1.36 bits per heavy atom. The number of rotatable bonds is 4. The Labute approximate surface area is 132 Å². The Balaban J connectivity index is 2.04. The Hall–Kier alpha value is -2.15. The number of hydrogen-bond donors (Lipinski definition) is 0. The van der Waals surface area contributed by atoms with Crippen molar-refractivity contribution in [1.29, 1.82) is 0 Å². The van der Waals surface area contributed by atoms with Crippen molar-refractivity contribution in [3.8, 4) is 0 Å². The van der Waals surface area contributed by atoms with Crippen molar-refractivity contribution in [2.24, 2.45) is 17.3 Å². The Kier molecular flexibility index (Phi) is 3.74. The number of carbonyl (C=O) groups is 1. The molecule has 0 bridgehead atoms. The molecule has 3 rings (SSSR count). The normalized spacial score (nSPS) is 22.0. The van der Waals surface area contributed by atoms with Gasteiger partial charge in [0, 0.05) is 5.92 Å². The molecule has 0 heterocycles. The molecule has 0 amide bonds. The molecular weight excluding hydrogens is 268 g/mol. The third kappa shape index (κ3) is 2.64. The fourth-order valence-electron chi connectivity index (χ4n) is 3.54.